The lowest BCUT2D eigenvalue weighted by atomic mass is 10.1. The molecule has 1 heterocycles. The van der Waals surface area contributed by atoms with E-state index in [9.17, 15) is 4.79 Å². The van der Waals surface area contributed by atoms with Crippen LogP contribution < -0.4 is 10.1 Å². The maximum Gasteiger partial charge on any atom is 0.271 e. The first-order valence-corrected chi connectivity index (χ1v) is 5.91. The maximum absolute atomic E-state index is 11.9. The summed E-state index contributed by atoms with van der Waals surface area (Å²) in [5.41, 5.74) is 1.31. The van der Waals surface area contributed by atoms with E-state index in [1.165, 1.54) is 18.6 Å². The topological polar surface area (TPSA) is 64.1 Å². The van der Waals surface area contributed by atoms with E-state index in [0.717, 1.165) is 11.3 Å². The first-order valence-electron chi connectivity index (χ1n) is 5.91. The molecule has 0 spiro atoms. The molecule has 0 radical (unpaired) electrons. The highest BCUT2D eigenvalue weighted by Gasteiger charge is 2.12. The number of carbonyl (C=O) groups excluding carboxylic acids is 1. The van der Waals surface area contributed by atoms with E-state index in [1.54, 1.807) is 7.11 Å². The van der Waals surface area contributed by atoms with Gasteiger partial charge >= 0.3 is 0 Å². The molecule has 0 unspecified atom stereocenters. The smallest absolute Gasteiger partial charge is 0.271 e. The second-order valence-corrected chi connectivity index (χ2v) is 4.06. The van der Waals surface area contributed by atoms with Gasteiger partial charge in [0.2, 0.25) is 0 Å². The zero-order chi connectivity index (χ0) is 13.7. The van der Waals surface area contributed by atoms with Crippen molar-refractivity contribution < 1.29 is 9.53 Å². The minimum atomic E-state index is -0.239. The predicted octanol–water partition coefficient (Wildman–Crippen LogP) is 1.98. The zero-order valence-electron chi connectivity index (χ0n) is 10.8. The summed E-state index contributed by atoms with van der Waals surface area (Å²) < 4.78 is 5.09. The number of nitrogens with one attached hydrogen (secondary N) is 1. The fourth-order valence-electron chi connectivity index (χ4n) is 1.66. The molecular weight excluding hydrogens is 242 g/mol. The van der Waals surface area contributed by atoms with Crippen molar-refractivity contribution in [1.82, 2.24) is 15.3 Å². The second kappa shape index (κ2) is 5.95. The van der Waals surface area contributed by atoms with Crippen LogP contribution in [0.25, 0.3) is 0 Å². The second-order valence-electron chi connectivity index (χ2n) is 4.06. The quantitative estimate of drug-likeness (QED) is 0.909. The van der Waals surface area contributed by atoms with E-state index >= 15 is 0 Å². The standard InChI is InChI=1S/C14H15N3O2/c1-10(11-3-5-12(19-2)6-4-11)17-14(18)13-9-15-7-8-16-13/h3-10H,1-2H3,(H,17,18)/t10-/m0/s1. The van der Waals surface area contributed by atoms with Crippen molar-refractivity contribution in [3.05, 3.63) is 54.1 Å². The molecule has 19 heavy (non-hydrogen) atoms. The van der Waals surface area contributed by atoms with Crippen LogP contribution in [0.15, 0.2) is 42.9 Å². The molecule has 0 aliphatic heterocycles. The summed E-state index contributed by atoms with van der Waals surface area (Å²) in [6, 6.07) is 7.45. The van der Waals surface area contributed by atoms with Crippen LogP contribution in [-0.4, -0.2) is 23.0 Å². The number of benzene rings is 1. The van der Waals surface area contributed by atoms with Gasteiger partial charge in [-0.2, -0.15) is 0 Å². The van der Waals surface area contributed by atoms with Gasteiger partial charge < -0.3 is 10.1 Å². The minimum Gasteiger partial charge on any atom is -0.497 e. The lowest BCUT2D eigenvalue weighted by molar-refractivity contribution is 0.0934. The molecule has 2 aromatic rings. The SMILES string of the molecule is COc1ccc([C@H](C)NC(=O)c2cnccn2)cc1. The average Bonchev–Trinajstić information content (AvgIpc) is 2.48. The molecule has 1 amide bonds. The lowest BCUT2D eigenvalue weighted by Crippen LogP contribution is -2.27. The van der Waals surface area contributed by atoms with Gasteiger partial charge in [-0.05, 0) is 24.6 Å². The Kier molecular flexibility index (Phi) is 4.07. The Morgan fingerprint density at radius 3 is 2.58 bits per heavy atom. The summed E-state index contributed by atoms with van der Waals surface area (Å²) in [7, 11) is 1.62. The first-order chi connectivity index (χ1) is 9.20. The molecule has 0 bridgehead atoms. The average molecular weight is 257 g/mol. The molecule has 5 heteroatoms. The summed E-state index contributed by atoms with van der Waals surface area (Å²) in [5, 5.41) is 2.87. The largest absolute Gasteiger partial charge is 0.497 e. The highest BCUT2D eigenvalue weighted by Crippen LogP contribution is 2.17. The van der Waals surface area contributed by atoms with Crippen LogP contribution in [0.1, 0.15) is 29.0 Å². The van der Waals surface area contributed by atoms with Gasteiger partial charge in [0.15, 0.2) is 0 Å². The molecule has 1 aromatic carbocycles. The summed E-state index contributed by atoms with van der Waals surface area (Å²) in [5.74, 6) is 0.549. The summed E-state index contributed by atoms with van der Waals surface area (Å²) in [6.07, 6.45) is 4.46. The molecule has 0 saturated carbocycles. The Morgan fingerprint density at radius 1 is 1.26 bits per heavy atom. The van der Waals surface area contributed by atoms with Gasteiger partial charge in [-0.25, -0.2) is 4.98 Å². The van der Waals surface area contributed by atoms with Gasteiger partial charge in [0, 0.05) is 12.4 Å². The third kappa shape index (κ3) is 3.28. The van der Waals surface area contributed by atoms with E-state index in [2.05, 4.69) is 15.3 Å². The summed E-state index contributed by atoms with van der Waals surface area (Å²) >= 11 is 0. The number of amides is 1. The van der Waals surface area contributed by atoms with Gasteiger partial charge in [-0.3, -0.25) is 9.78 Å². The lowest BCUT2D eigenvalue weighted by Gasteiger charge is -2.14. The molecule has 0 saturated heterocycles. The Hall–Kier alpha value is -2.43. The minimum absolute atomic E-state index is 0.111. The third-order valence-electron chi connectivity index (χ3n) is 2.76. The molecule has 2 rings (SSSR count). The number of nitrogens with zero attached hydrogens (tertiary/aromatic N) is 2. The van der Waals surface area contributed by atoms with Gasteiger partial charge in [-0.15, -0.1) is 0 Å². The fraction of sp³-hybridized carbons (Fsp3) is 0.214. The van der Waals surface area contributed by atoms with Gasteiger partial charge in [0.05, 0.1) is 19.3 Å². The van der Waals surface area contributed by atoms with E-state index < -0.39 is 0 Å². The van der Waals surface area contributed by atoms with Crippen LogP contribution in [-0.2, 0) is 0 Å². The molecule has 0 aliphatic rings. The maximum atomic E-state index is 11.9. The number of hydrogen-bond acceptors (Lipinski definition) is 4. The van der Waals surface area contributed by atoms with Crippen LogP contribution in [0.2, 0.25) is 0 Å². The number of rotatable bonds is 4. The Bertz CT molecular complexity index is 540. The van der Waals surface area contributed by atoms with E-state index in [-0.39, 0.29) is 11.9 Å². The number of carbonyl (C=O) groups is 1. The monoisotopic (exact) mass is 257 g/mol. The number of ether oxygens (including phenoxy) is 1. The highest BCUT2D eigenvalue weighted by atomic mass is 16.5. The first kappa shape index (κ1) is 13.0. The van der Waals surface area contributed by atoms with Crippen molar-refractivity contribution in [3.63, 3.8) is 0 Å². The normalized spacial score (nSPS) is 11.7. The summed E-state index contributed by atoms with van der Waals surface area (Å²) in [6.45, 7) is 1.91. The van der Waals surface area contributed by atoms with Gasteiger partial charge in [-0.1, -0.05) is 12.1 Å². The van der Waals surface area contributed by atoms with Crippen molar-refractivity contribution in [1.29, 1.82) is 0 Å². The predicted molar refractivity (Wildman–Crippen MR) is 70.9 cm³/mol. The van der Waals surface area contributed by atoms with Crippen molar-refractivity contribution >= 4 is 5.91 Å². The molecule has 1 aromatic heterocycles. The molecule has 1 N–H and O–H groups in total. The Labute approximate surface area is 111 Å². The molecule has 0 fully saturated rings. The van der Waals surface area contributed by atoms with Gasteiger partial charge in [0.1, 0.15) is 11.4 Å². The third-order valence-corrected chi connectivity index (χ3v) is 2.76. The molecule has 0 aliphatic carbocycles. The van der Waals surface area contributed by atoms with Crippen molar-refractivity contribution in [2.24, 2.45) is 0 Å². The van der Waals surface area contributed by atoms with Crippen molar-refractivity contribution in [2.45, 2.75) is 13.0 Å². The van der Waals surface area contributed by atoms with Gasteiger partial charge in [0.25, 0.3) is 5.91 Å². The summed E-state index contributed by atoms with van der Waals surface area (Å²) in [4.78, 5) is 19.7. The van der Waals surface area contributed by atoms with E-state index in [4.69, 9.17) is 4.74 Å². The molecular formula is C14H15N3O2. The number of methoxy groups -OCH3 is 1. The van der Waals surface area contributed by atoms with Crippen molar-refractivity contribution in [2.75, 3.05) is 7.11 Å². The Morgan fingerprint density at radius 2 is 2.00 bits per heavy atom. The van der Waals surface area contributed by atoms with Crippen molar-refractivity contribution in [3.8, 4) is 5.75 Å². The van der Waals surface area contributed by atoms with E-state index in [0.29, 0.717) is 5.69 Å². The highest BCUT2D eigenvalue weighted by molar-refractivity contribution is 5.92. The van der Waals surface area contributed by atoms with Crippen LogP contribution in [0.3, 0.4) is 0 Å². The molecule has 1 atom stereocenters. The van der Waals surface area contributed by atoms with E-state index in [1.807, 2.05) is 31.2 Å². The molecule has 98 valence electrons. The Balaban J connectivity index is 2.04. The van der Waals surface area contributed by atoms with Crippen LogP contribution in [0, 0.1) is 0 Å². The number of hydrogen-bond donors (Lipinski definition) is 1. The number of aromatic nitrogens is 2. The molecule has 5 nitrogen and oxygen atoms in total. The van der Waals surface area contributed by atoms with Crippen LogP contribution in [0.5, 0.6) is 5.75 Å². The zero-order valence-corrected chi connectivity index (χ0v) is 10.8. The van der Waals surface area contributed by atoms with Crippen LogP contribution >= 0.6 is 0 Å². The van der Waals surface area contributed by atoms with Crippen LogP contribution in [0.4, 0.5) is 0 Å². The fourth-order valence-corrected chi connectivity index (χ4v) is 1.66.